The summed E-state index contributed by atoms with van der Waals surface area (Å²) in [5.41, 5.74) is 3.77. The fraction of sp³-hybridized carbons (Fsp3) is 0.259. The molecule has 35 heavy (non-hydrogen) atoms. The van der Waals surface area contributed by atoms with Crippen molar-refractivity contribution in [2.45, 2.75) is 44.0 Å². The molecule has 8 heteroatoms. The Bertz CT molecular complexity index is 1260. The molecule has 0 radical (unpaired) electrons. The Hall–Kier alpha value is -3.65. The molecular formula is C27H29N5O2S. The quantitative estimate of drug-likeness (QED) is 0.293. The van der Waals surface area contributed by atoms with Crippen molar-refractivity contribution in [3.8, 4) is 22.8 Å². The van der Waals surface area contributed by atoms with Gasteiger partial charge in [0.05, 0.1) is 11.9 Å². The molecule has 2 aromatic carbocycles. The van der Waals surface area contributed by atoms with Gasteiger partial charge in [0, 0.05) is 29.3 Å². The number of hydrogen-bond acceptors (Lipinski definition) is 6. The maximum Gasteiger partial charge on any atom is 0.237 e. The minimum absolute atomic E-state index is 0.0981. The van der Waals surface area contributed by atoms with E-state index in [1.54, 1.807) is 12.4 Å². The number of nitrogens with zero attached hydrogens (tertiary/aromatic N) is 4. The van der Waals surface area contributed by atoms with E-state index in [-0.39, 0.29) is 5.91 Å². The van der Waals surface area contributed by atoms with E-state index < -0.39 is 5.25 Å². The molecular weight excluding hydrogens is 458 g/mol. The van der Waals surface area contributed by atoms with Crippen molar-refractivity contribution in [1.29, 1.82) is 0 Å². The number of thioether (sulfide) groups is 1. The molecule has 2 aromatic heterocycles. The highest BCUT2D eigenvalue weighted by molar-refractivity contribution is 8.00. The van der Waals surface area contributed by atoms with E-state index in [0.717, 1.165) is 22.7 Å². The van der Waals surface area contributed by atoms with E-state index in [9.17, 15) is 4.79 Å². The Kier molecular flexibility index (Phi) is 7.82. The molecule has 0 saturated heterocycles. The second-order valence-corrected chi connectivity index (χ2v) is 9.64. The lowest BCUT2D eigenvalue weighted by Crippen LogP contribution is -2.22. The predicted octanol–water partition coefficient (Wildman–Crippen LogP) is 5.97. The number of ether oxygens (including phenoxy) is 1. The number of nitrogens with one attached hydrogen (secondary N) is 1. The number of benzene rings is 2. The molecule has 2 heterocycles. The van der Waals surface area contributed by atoms with Crippen LogP contribution in [0.15, 0.2) is 78.2 Å². The van der Waals surface area contributed by atoms with E-state index in [0.29, 0.717) is 23.5 Å². The summed E-state index contributed by atoms with van der Waals surface area (Å²) in [6.07, 6.45) is 3.44. The molecule has 7 nitrogen and oxygen atoms in total. The minimum atomic E-state index is -0.393. The standard InChI is InChI=1S/C27H29N5O2S/c1-5-34-24-12-10-23(11-13-24)32-25(21-14-16-28-17-15-21)30-31-27(32)35-19(4)26(33)29-22-8-6-20(7-9-22)18(2)3/h6-19H,5H2,1-4H3,(H,29,33). The largest absolute Gasteiger partial charge is 0.494 e. The molecule has 1 amide bonds. The second-order valence-electron chi connectivity index (χ2n) is 8.33. The van der Waals surface area contributed by atoms with Gasteiger partial charge < -0.3 is 10.1 Å². The van der Waals surface area contributed by atoms with Crippen LogP contribution in [-0.2, 0) is 4.79 Å². The topological polar surface area (TPSA) is 81.9 Å². The third-order valence-corrected chi connectivity index (χ3v) is 6.52. The highest BCUT2D eigenvalue weighted by Crippen LogP contribution is 2.31. The van der Waals surface area contributed by atoms with Crippen molar-refractivity contribution in [1.82, 2.24) is 19.7 Å². The zero-order valence-electron chi connectivity index (χ0n) is 20.3. The van der Waals surface area contributed by atoms with Crippen LogP contribution in [0.4, 0.5) is 5.69 Å². The lowest BCUT2D eigenvalue weighted by atomic mass is 10.0. The summed E-state index contributed by atoms with van der Waals surface area (Å²) >= 11 is 1.36. The summed E-state index contributed by atoms with van der Waals surface area (Å²) in [6.45, 7) is 8.71. The number of carbonyl (C=O) groups is 1. The van der Waals surface area contributed by atoms with Gasteiger partial charge in [0.25, 0.3) is 0 Å². The molecule has 4 rings (SSSR count). The van der Waals surface area contributed by atoms with E-state index in [4.69, 9.17) is 4.74 Å². The number of pyridine rings is 1. The summed E-state index contributed by atoms with van der Waals surface area (Å²) in [5, 5.41) is 12.1. The van der Waals surface area contributed by atoms with Gasteiger partial charge in [0.15, 0.2) is 11.0 Å². The van der Waals surface area contributed by atoms with Gasteiger partial charge in [0.2, 0.25) is 5.91 Å². The van der Waals surface area contributed by atoms with Crippen molar-refractivity contribution < 1.29 is 9.53 Å². The van der Waals surface area contributed by atoms with Gasteiger partial charge in [-0.1, -0.05) is 37.7 Å². The first kappa shape index (κ1) is 24.5. The minimum Gasteiger partial charge on any atom is -0.494 e. The number of hydrogen-bond donors (Lipinski definition) is 1. The van der Waals surface area contributed by atoms with Crippen molar-refractivity contribution in [3.05, 3.63) is 78.6 Å². The van der Waals surface area contributed by atoms with Gasteiger partial charge in [-0.05, 0) is 73.9 Å². The Morgan fingerprint density at radius 3 is 2.29 bits per heavy atom. The molecule has 0 saturated carbocycles. The van der Waals surface area contributed by atoms with Crippen LogP contribution in [-0.4, -0.2) is 37.5 Å². The first-order valence-corrected chi connectivity index (χ1v) is 12.5. The Morgan fingerprint density at radius 2 is 1.66 bits per heavy atom. The normalized spacial score (nSPS) is 11.9. The van der Waals surface area contributed by atoms with E-state index >= 15 is 0 Å². The first-order valence-electron chi connectivity index (χ1n) is 11.6. The smallest absolute Gasteiger partial charge is 0.237 e. The van der Waals surface area contributed by atoms with Crippen molar-refractivity contribution in [2.24, 2.45) is 0 Å². The van der Waals surface area contributed by atoms with Crippen LogP contribution in [0.3, 0.4) is 0 Å². The van der Waals surface area contributed by atoms with Gasteiger partial charge in [-0.15, -0.1) is 10.2 Å². The lowest BCUT2D eigenvalue weighted by Gasteiger charge is -2.15. The highest BCUT2D eigenvalue weighted by atomic mass is 32.2. The summed E-state index contributed by atoms with van der Waals surface area (Å²) < 4.78 is 7.54. The molecule has 1 unspecified atom stereocenters. The summed E-state index contributed by atoms with van der Waals surface area (Å²) in [6, 6.07) is 19.5. The summed E-state index contributed by atoms with van der Waals surface area (Å²) in [5.74, 6) is 1.81. The highest BCUT2D eigenvalue weighted by Gasteiger charge is 2.22. The zero-order chi connectivity index (χ0) is 24.8. The molecule has 4 aromatic rings. The average molecular weight is 488 g/mol. The molecule has 180 valence electrons. The Labute approximate surface area is 210 Å². The fourth-order valence-corrected chi connectivity index (χ4v) is 4.40. The molecule has 0 aliphatic rings. The number of rotatable bonds is 9. The predicted molar refractivity (Wildman–Crippen MR) is 140 cm³/mol. The summed E-state index contributed by atoms with van der Waals surface area (Å²) in [7, 11) is 0. The molecule has 0 spiro atoms. The maximum atomic E-state index is 13.0. The van der Waals surface area contributed by atoms with Crippen LogP contribution in [0, 0.1) is 0 Å². The third kappa shape index (κ3) is 5.89. The van der Waals surface area contributed by atoms with Crippen LogP contribution in [0.1, 0.15) is 39.2 Å². The Balaban J connectivity index is 1.59. The molecule has 0 fully saturated rings. The van der Waals surface area contributed by atoms with Crippen molar-refractivity contribution in [3.63, 3.8) is 0 Å². The molecule has 0 aliphatic heterocycles. The van der Waals surface area contributed by atoms with Gasteiger partial charge in [-0.25, -0.2) is 0 Å². The van der Waals surface area contributed by atoms with Crippen molar-refractivity contribution >= 4 is 23.4 Å². The van der Waals surface area contributed by atoms with E-state index in [1.807, 2.05) is 79.1 Å². The van der Waals surface area contributed by atoms with Gasteiger partial charge in [-0.2, -0.15) is 0 Å². The van der Waals surface area contributed by atoms with E-state index in [1.165, 1.54) is 17.3 Å². The van der Waals surface area contributed by atoms with Crippen molar-refractivity contribution in [2.75, 3.05) is 11.9 Å². The first-order chi connectivity index (χ1) is 17.0. The number of amides is 1. The number of aromatic nitrogens is 4. The maximum absolute atomic E-state index is 13.0. The van der Waals surface area contributed by atoms with Crippen LogP contribution in [0.2, 0.25) is 0 Å². The molecule has 0 bridgehead atoms. The SMILES string of the molecule is CCOc1ccc(-n2c(SC(C)C(=O)Nc3ccc(C(C)C)cc3)nnc2-c2ccncc2)cc1. The Morgan fingerprint density at radius 1 is 0.971 bits per heavy atom. The van der Waals surface area contributed by atoms with Crippen LogP contribution in [0.25, 0.3) is 17.1 Å². The summed E-state index contributed by atoms with van der Waals surface area (Å²) in [4.78, 5) is 17.1. The lowest BCUT2D eigenvalue weighted by molar-refractivity contribution is -0.115. The monoisotopic (exact) mass is 487 g/mol. The van der Waals surface area contributed by atoms with Gasteiger partial charge >= 0.3 is 0 Å². The number of anilines is 1. The molecule has 0 aliphatic carbocycles. The average Bonchev–Trinajstić information content (AvgIpc) is 3.29. The fourth-order valence-electron chi connectivity index (χ4n) is 3.53. The second kappa shape index (κ2) is 11.2. The van der Waals surface area contributed by atoms with Gasteiger partial charge in [-0.3, -0.25) is 14.3 Å². The van der Waals surface area contributed by atoms with Gasteiger partial charge in [0.1, 0.15) is 5.75 Å². The van der Waals surface area contributed by atoms with Crippen LogP contribution < -0.4 is 10.1 Å². The van der Waals surface area contributed by atoms with Crippen LogP contribution in [0.5, 0.6) is 5.75 Å². The number of carbonyl (C=O) groups excluding carboxylic acids is 1. The van der Waals surface area contributed by atoms with E-state index in [2.05, 4.69) is 34.3 Å². The van der Waals surface area contributed by atoms with Crippen LogP contribution >= 0.6 is 11.8 Å². The molecule has 1 N–H and O–H groups in total. The molecule has 1 atom stereocenters. The third-order valence-electron chi connectivity index (χ3n) is 5.47. The zero-order valence-corrected chi connectivity index (χ0v) is 21.1.